The Bertz CT molecular complexity index is 348. The molecule has 0 spiro atoms. The summed E-state index contributed by atoms with van der Waals surface area (Å²) in [4.78, 5) is 0. The van der Waals surface area contributed by atoms with E-state index in [-0.39, 0.29) is 11.6 Å². The molecule has 3 nitrogen and oxygen atoms in total. The Balaban J connectivity index is 4.87. The van der Waals surface area contributed by atoms with Crippen LogP contribution < -0.4 is 0 Å². The zero-order valence-electron chi connectivity index (χ0n) is 10.0. The van der Waals surface area contributed by atoms with Gasteiger partial charge in [0.1, 0.15) is 0 Å². The average molecular weight is 312 g/mol. The van der Waals surface area contributed by atoms with Gasteiger partial charge in [-0.2, -0.15) is 13.2 Å². The average Bonchev–Trinajstić information content (AvgIpc) is 2.08. The van der Waals surface area contributed by atoms with Gasteiger partial charge in [-0.25, -0.2) is 4.21 Å². The first-order valence-electron chi connectivity index (χ1n) is 5.00. The Morgan fingerprint density at radius 2 is 1.88 bits per heavy atom. The number of rotatable bonds is 6. The summed E-state index contributed by atoms with van der Waals surface area (Å²) >= 11 is 5.44. The lowest BCUT2D eigenvalue weighted by atomic mass is 10.6. The third-order valence-electron chi connectivity index (χ3n) is 1.36. The van der Waals surface area contributed by atoms with Gasteiger partial charge in [-0.05, 0) is 26.1 Å². The molecule has 0 radical (unpaired) electrons. The molecule has 17 heavy (non-hydrogen) atoms. The Hall–Kier alpha value is 0.207. The van der Waals surface area contributed by atoms with Crippen LogP contribution in [0.3, 0.4) is 0 Å². The molecular weight excluding hydrogens is 295 g/mol. The first-order chi connectivity index (χ1) is 7.47. The Labute approximate surface area is 106 Å². The third kappa shape index (κ3) is 9.87. The van der Waals surface area contributed by atoms with Gasteiger partial charge in [-0.1, -0.05) is 0 Å². The van der Waals surface area contributed by atoms with Crippen LogP contribution in [0.5, 0.6) is 0 Å². The summed E-state index contributed by atoms with van der Waals surface area (Å²) in [5.41, 5.74) is 0. The fourth-order valence-electron chi connectivity index (χ4n) is 0.944. The molecule has 0 aromatic heterocycles. The molecule has 1 atom stereocenters. The van der Waals surface area contributed by atoms with E-state index in [1.54, 1.807) is 19.6 Å². The van der Waals surface area contributed by atoms with Crippen LogP contribution in [-0.4, -0.2) is 36.9 Å². The minimum atomic E-state index is -4.50. The van der Waals surface area contributed by atoms with Crippen molar-refractivity contribution in [3.8, 4) is 0 Å². The second-order valence-corrected chi connectivity index (χ2v) is 11.7. The molecule has 1 unspecified atom stereocenters. The number of alkyl halides is 4. The number of hydrogen-bond donors (Lipinski definition) is 0. The number of hydrogen-bond acceptors (Lipinski definition) is 3. The van der Waals surface area contributed by atoms with Crippen molar-refractivity contribution in [1.82, 2.24) is 0 Å². The Morgan fingerprint density at radius 3 is 2.24 bits per heavy atom. The lowest BCUT2D eigenvalue weighted by Crippen LogP contribution is -2.27. The SMILES string of the molecule is C[Si](C)(C)N=S(=O)(CCCCl)OCC(F)(F)F. The molecule has 0 fully saturated rings. The summed E-state index contributed by atoms with van der Waals surface area (Å²) in [6, 6.07) is 0. The second kappa shape index (κ2) is 6.40. The molecule has 0 saturated carbocycles. The molecule has 0 aliphatic rings. The lowest BCUT2D eigenvalue weighted by molar-refractivity contribution is -0.152. The molecule has 0 aromatic rings. The topological polar surface area (TPSA) is 38.7 Å². The maximum atomic E-state index is 12.1. The summed E-state index contributed by atoms with van der Waals surface area (Å²) in [6.45, 7) is 3.81. The van der Waals surface area contributed by atoms with E-state index in [9.17, 15) is 17.4 Å². The minimum absolute atomic E-state index is 0.0587. The summed E-state index contributed by atoms with van der Waals surface area (Å²) in [6.07, 6.45) is -4.19. The highest BCUT2D eigenvalue weighted by Gasteiger charge is 2.31. The van der Waals surface area contributed by atoms with Crippen LogP contribution >= 0.6 is 11.6 Å². The van der Waals surface area contributed by atoms with E-state index in [0.717, 1.165) is 0 Å². The van der Waals surface area contributed by atoms with Crippen molar-refractivity contribution < 1.29 is 21.6 Å². The highest BCUT2D eigenvalue weighted by molar-refractivity contribution is 7.89. The second-order valence-electron chi connectivity index (χ2n) is 4.47. The van der Waals surface area contributed by atoms with Crippen LogP contribution in [0.1, 0.15) is 6.42 Å². The molecule has 0 aromatic carbocycles. The quantitative estimate of drug-likeness (QED) is 0.557. The lowest BCUT2D eigenvalue weighted by Gasteiger charge is -2.17. The van der Waals surface area contributed by atoms with E-state index in [1.807, 2.05) is 0 Å². The zero-order chi connectivity index (χ0) is 13.7. The molecule has 0 saturated heterocycles. The van der Waals surface area contributed by atoms with Crippen molar-refractivity contribution in [3.63, 3.8) is 0 Å². The maximum absolute atomic E-state index is 12.1. The van der Waals surface area contributed by atoms with Gasteiger partial charge in [0.15, 0.2) is 24.9 Å². The summed E-state index contributed by atoms with van der Waals surface area (Å²) in [5, 5.41) is 0. The smallest absolute Gasteiger partial charge is 0.276 e. The molecule has 0 aliphatic carbocycles. The van der Waals surface area contributed by atoms with Gasteiger partial charge >= 0.3 is 6.18 Å². The van der Waals surface area contributed by atoms with Gasteiger partial charge in [0, 0.05) is 5.88 Å². The van der Waals surface area contributed by atoms with Crippen molar-refractivity contribution in [2.75, 3.05) is 18.2 Å². The molecule has 0 aliphatic heterocycles. The molecule has 0 heterocycles. The number of halogens is 4. The van der Waals surface area contributed by atoms with E-state index < -0.39 is 31.0 Å². The van der Waals surface area contributed by atoms with E-state index in [1.165, 1.54) is 0 Å². The maximum Gasteiger partial charge on any atom is 0.413 e. The summed E-state index contributed by atoms with van der Waals surface area (Å²) < 4.78 is 56.6. The van der Waals surface area contributed by atoms with E-state index in [0.29, 0.717) is 6.42 Å². The van der Waals surface area contributed by atoms with E-state index >= 15 is 0 Å². The van der Waals surface area contributed by atoms with Crippen molar-refractivity contribution in [2.45, 2.75) is 32.2 Å². The normalized spacial score (nSPS) is 16.6. The van der Waals surface area contributed by atoms with Crippen LogP contribution in [0.2, 0.25) is 19.6 Å². The monoisotopic (exact) mass is 311 g/mol. The van der Waals surface area contributed by atoms with Crippen molar-refractivity contribution in [3.05, 3.63) is 0 Å². The number of nitrogens with zero attached hydrogens (tertiary/aromatic N) is 1. The van der Waals surface area contributed by atoms with Crippen LogP contribution in [0.25, 0.3) is 0 Å². The van der Waals surface area contributed by atoms with E-state index in [4.69, 9.17) is 11.6 Å². The molecule has 0 amide bonds. The third-order valence-corrected chi connectivity index (χ3v) is 6.22. The van der Waals surface area contributed by atoms with Crippen LogP contribution in [0.4, 0.5) is 13.2 Å². The van der Waals surface area contributed by atoms with Gasteiger partial charge in [0.25, 0.3) is 0 Å². The molecule has 9 heteroatoms. The fourth-order valence-corrected chi connectivity index (χ4v) is 6.09. The predicted molar refractivity (Wildman–Crippen MR) is 66.1 cm³/mol. The van der Waals surface area contributed by atoms with Crippen LogP contribution in [0, 0.1) is 0 Å². The standard InChI is InChI=1S/C8H17ClF3NO2SSi/c1-17(2,3)13-16(14,6-4-5-9)15-7-8(10,11)12/h4-7H2,1-3H3. The fraction of sp³-hybridized carbons (Fsp3) is 1.00. The molecular formula is C8H17ClF3NO2SSi. The highest BCUT2D eigenvalue weighted by atomic mass is 35.5. The van der Waals surface area contributed by atoms with Gasteiger partial charge in [-0.3, -0.25) is 8.21 Å². The molecule has 0 rings (SSSR count). The van der Waals surface area contributed by atoms with Crippen molar-refractivity contribution in [1.29, 1.82) is 0 Å². The van der Waals surface area contributed by atoms with E-state index in [2.05, 4.69) is 8.21 Å². The zero-order valence-corrected chi connectivity index (χ0v) is 12.6. The van der Waals surface area contributed by atoms with Crippen LogP contribution in [-0.2, 0) is 14.2 Å². The first kappa shape index (κ1) is 17.2. The van der Waals surface area contributed by atoms with Crippen molar-refractivity contribution in [2.24, 2.45) is 4.03 Å². The van der Waals surface area contributed by atoms with Gasteiger partial charge in [0.05, 0.1) is 5.75 Å². The summed E-state index contributed by atoms with van der Waals surface area (Å²) in [7, 11) is -5.38. The summed E-state index contributed by atoms with van der Waals surface area (Å²) in [5.74, 6) is 0.157. The van der Waals surface area contributed by atoms with Crippen molar-refractivity contribution >= 4 is 29.8 Å². The van der Waals surface area contributed by atoms with Gasteiger partial charge in [0.2, 0.25) is 0 Å². The highest BCUT2D eigenvalue weighted by Crippen LogP contribution is 2.19. The minimum Gasteiger partial charge on any atom is -0.276 e. The van der Waals surface area contributed by atoms with Gasteiger partial charge < -0.3 is 0 Å². The predicted octanol–water partition coefficient (Wildman–Crippen LogP) is 3.41. The largest absolute Gasteiger partial charge is 0.413 e. The molecule has 0 bridgehead atoms. The Morgan fingerprint density at radius 1 is 1.35 bits per heavy atom. The first-order valence-corrected chi connectivity index (χ1v) is 10.6. The molecule has 0 N–H and O–H groups in total. The van der Waals surface area contributed by atoms with Gasteiger partial charge in [-0.15, -0.1) is 11.6 Å². The van der Waals surface area contributed by atoms with Crippen LogP contribution in [0.15, 0.2) is 4.03 Å². The Kier molecular flexibility index (Phi) is 6.47. The molecule has 104 valence electrons.